The van der Waals surface area contributed by atoms with Gasteiger partial charge in [0.25, 0.3) is 5.91 Å². The monoisotopic (exact) mass is 469 g/mol. The lowest BCUT2D eigenvalue weighted by Crippen LogP contribution is -2.50. The van der Waals surface area contributed by atoms with Crippen molar-refractivity contribution in [2.45, 2.75) is 64.8 Å². The highest BCUT2D eigenvalue weighted by atomic mass is 16.5. The lowest BCUT2D eigenvalue weighted by atomic mass is 9.67. The maximum Gasteiger partial charge on any atom is 0.326 e. The number of carbonyl (C=O) groups is 5. The van der Waals surface area contributed by atoms with Gasteiger partial charge in [-0.2, -0.15) is 0 Å². The molecule has 0 bridgehead atoms. The Morgan fingerprint density at radius 2 is 1.82 bits per heavy atom. The third kappa shape index (κ3) is 4.69. The standard InChI is InChI=1S/C25H31N3O6/c1-24(2,3)17-8-10-25(11-9-17)22(32)28(23(33)27-25)13-21(31)34-14-19(29)16-4-6-18-15(12-16)5-7-20(30)26-18/h4,6,12,17H,5,7-11,13-14H2,1-3H3,(H,26,30)(H,27,33). The molecule has 9 heteroatoms. The number of urea groups is 1. The summed E-state index contributed by atoms with van der Waals surface area (Å²) in [6, 6.07) is 4.30. The SMILES string of the molecule is CC(C)(C)C1CCC2(CC1)NC(=O)N(CC(=O)OCC(=O)c1ccc3c(c1)CCC(=O)N3)C2=O. The van der Waals surface area contributed by atoms with Crippen molar-refractivity contribution in [2.75, 3.05) is 18.5 Å². The van der Waals surface area contributed by atoms with Crippen LogP contribution in [0.2, 0.25) is 0 Å². The van der Waals surface area contributed by atoms with E-state index in [1.54, 1.807) is 18.2 Å². The van der Waals surface area contributed by atoms with Crippen molar-refractivity contribution in [1.82, 2.24) is 10.2 Å². The molecule has 2 heterocycles. The summed E-state index contributed by atoms with van der Waals surface area (Å²) in [5.74, 6) is -1.22. The Bertz CT molecular complexity index is 1050. The number of amides is 4. The van der Waals surface area contributed by atoms with Crippen LogP contribution in [0.25, 0.3) is 0 Å². The number of aryl methyl sites for hydroxylation is 1. The second-order valence-electron chi connectivity index (χ2n) is 10.5. The van der Waals surface area contributed by atoms with Crippen molar-refractivity contribution in [3.63, 3.8) is 0 Å². The van der Waals surface area contributed by atoms with Gasteiger partial charge in [0.15, 0.2) is 12.4 Å². The van der Waals surface area contributed by atoms with E-state index >= 15 is 0 Å². The second-order valence-corrected chi connectivity index (χ2v) is 10.5. The summed E-state index contributed by atoms with van der Waals surface area (Å²) in [4.78, 5) is 62.7. The zero-order valence-corrected chi connectivity index (χ0v) is 19.9. The molecule has 1 aromatic carbocycles. The van der Waals surface area contributed by atoms with Crippen LogP contribution in [0.15, 0.2) is 18.2 Å². The Kier molecular flexibility index (Phi) is 6.22. The molecule has 3 aliphatic rings. The largest absolute Gasteiger partial charge is 0.456 e. The summed E-state index contributed by atoms with van der Waals surface area (Å²) in [6.07, 6.45) is 3.63. The summed E-state index contributed by atoms with van der Waals surface area (Å²) in [7, 11) is 0. The number of Topliss-reactive ketones (excluding diaryl/α,β-unsaturated/α-hetero) is 1. The minimum Gasteiger partial charge on any atom is -0.456 e. The molecule has 1 saturated carbocycles. The van der Waals surface area contributed by atoms with E-state index in [9.17, 15) is 24.0 Å². The Morgan fingerprint density at radius 3 is 2.50 bits per heavy atom. The number of fused-ring (bicyclic) bond motifs is 1. The molecule has 0 radical (unpaired) electrons. The summed E-state index contributed by atoms with van der Waals surface area (Å²) >= 11 is 0. The van der Waals surface area contributed by atoms with Gasteiger partial charge in [-0.1, -0.05) is 20.8 Å². The van der Waals surface area contributed by atoms with Crippen LogP contribution in [-0.4, -0.2) is 53.2 Å². The first-order valence-electron chi connectivity index (χ1n) is 11.7. The van der Waals surface area contributed by atoms with E-state index in [-0.39, 0.29) is 11.3 Å². The molecule has 1 aliphatic carbocycles. The number of nitrogens with zero attached hydrogens (tertiary/aromatic N) is 1. The molecule has 2 fully saturated rings. The summed E-state index contributed by atoms with van der Waals surface area (Å²) < 4.78 is 5.08. The molecule has 2 aliphatic heterocycles. The van der Waals surface area contributed by atoms with Crippen molar-refractivity contribution in [2.24, 2.45) is 11.3 Å². The Balaban J connectivity index is 1.31. The Hall–Kier alpha value is -3.23. The Morgan fingerprint density at radius 1 is 1.12 bits per heavy atom. The van der Waals surface area contributed by atoms with Crippen LogP contribution in [0.5, 0.6) is 0 Å². The number of hydrogen-bond donors (Lipinski definition) is 2. The van der Waals surface area contributed by atoms with Gasteiger partial charge < -0.3 is 15.4 Å². The van der Waals surface area contributed by atoms with Gasteiger partial charge in [-0.3, -0.25) is 24.1 Å². The molecule has 9 nitrogen and oxygen atoms in total. The van der Waals surface area contributed by atoms with Crippen molar-refractivity contribution in [1.29, 1.82) is 0 Å². The molecule has 1 aromatic rings. The maximum atomic E-state index is 13.0. The second kappa shape index (κ2) is 8.85. The number of carbonyl (C=O) groups excluding carboxylic acids is 5. The summed E-state index contributed by atoms with van der Waals surface area (Å²) in [6.45, 7) is 5.51. The highest BCUT2D eigenvalue weighted by Crippen LogP contribution is 2.43. The molecule has 182 valence electrons. The van der Waals surface area contributed by atoms with Crippen LogP contribution in [0, 0.1) is 11.3 Å². The van der Waals surface area contributed by atoms with E-state index in [0.717, 1.165) is 23.3 Å². The number of benzene rings is 1. The van der Waals surface area contributed by atoms with E-state index in [0.29, 0.717) is 42.9 Å². The molecule has 4 amide bonds. The number of esters is 1. The number of rotatable bonds is 5. The first-order valence-corrected chi connectivity index (χ1v) is 11.7. The summed E-state index contributed by atoms with van der Waals surface area (Å²) in [5.41, 5.74) is 1.08. The lowest BCUT2D eigenvalue weighted by Gasteiger charge is -2.40. The molecule has 4 rings (SSSR count). The fourth-order valence-corrected chi connectivity index (χ4v) is 5.10. The predicted octanol–water partition coefficient (Wildman–Crippen LogP) is 2.82. The maximum absolute atomic E-state index is 13.0. The van der Waals surface area contributed by atoms with Crippen LogP contribution >= 0.6 is 0 Å². The van der Waals surface area contributed by atoms with Crippen molar-refractivity contribution >= 4 is 35.3 Å². The van der Waals surface area contributed by atoms with Crippen LogP contribution in [-0.2, 0) is 25.5 Å². The van der Waals surface area contributed by atoms with Gasteiger partial charge >= 0.3 is 12.0 Å². The third-order valence-electron chi connectivity index (χ3n) is 7.28. The minimum atomic E-state index is -0.951. The number of imide groups is 1. The van der Waals surface area contributed by atoms with Gasteiger partial charge in [-0.15, -0.1) is 0 Å². The first-order chi connectivity index (χ1) is 16.0. The topological polar surface area (TPSA) is 122 Å². The zero-order valence-electron chi connectivity index (χ0n) is 19.9. The average Bonchev–Trinajstić information content (AvgIpc) is 3.00. The van der Waals surface area contributed by atoms with Gasteiger partial charge in [0.05, 0.1) is 0 Å². The fraction of sp³-hybridized carbons (Fsp3) is 0.560. The molecule has 0 aromatic heterocycles. The van der Waals surface area contributed by atoms with E-state index in [2.05, 4.69) is 31.4 Å². The van der Waals surface area contributed by atoms with Crippen LogP contribution < -0.4 is 10.6 Å². The van der Waals surface area contributed by atoms with Gasteiger partial charge in [0.1, 0.15) is 12.1 Å². The molecule has 2 N–H and O–H groups in total. The normalized spacial score (nSPS) is 24.5. The number of ether oxygens (including phenoxy) is 1. The van der Waals surface area contributed by atoms with Gasteiger partial charge in [-0.25, -0.2) is 4.79 Å². The number of anilines is 1. The molecule has 0 atom stereocenters. The summed E-state index contributed by atoms with van der Waals surface area (Å²) in [5, 5.41) is 5.55. The van der Waals surface area contributed by atoms with E-state index in [1.807, 2.05) is 0 Å². The number of hydrogen-bond acceptors (Lipinski definition) is 6. The highest BCUT2D eigenvalue weighted by Gasteiger charge is 2.53. The molecule has 0 unspecified atom stereocenters. The average molecular weight is 470 g/mol. The molecular weight excluding hydrogens is 438 g/mol. The number of ketones is 1. The predicted molar refractivity (Wildman–Crippen MR) is 123 cm³/mol. The molecular formula is C25H31N3O6. The van der Waals surface area contributed by atoms with Crippen molar-refractivity contribution in [3.8, 4) is 0 Å². The van der Waals surface area contributed by atoms with Gasteiger partial charge in [0, 0.05) is 17.7 Å². The number of nitrogens with one attached hydrogen (secondary N) is 2. The van der Waals surface area contributed by atoms with Crippen LogP contribution in [0.3, 0.4) is 0 Å². The van der Waals surface area contributed by atoms with Crippen molar-refractivity contribution < 1.29 is 28.7 Å². The van der Waals surface area contributed by atoms with Crippen LogP contribution in [0.4, 0.5) is 10.5 Å². The van der Waals surface area contributed by atoms with Crippen molar-refractivity contribution in [3.05, 3.63) is 29.3 Å². The quantitative estimate of drug-likeness (QED) is 0.389. The third-order valence-corrected chi connectivity index (χ3v) is 7.28. The molecule has 34 heavy (non-hydrogen) atoms. The smallest absolute Gasteiger partial charge is 0.326 e. The van der Waals surface area contributed by atoms with Gasteiger partial charge in [0.2, 0.25) is 5.91 Å². The molecule has 1 saturated heterocycles. The van der Waals surface area contributed by atoms with Crippen LogP contribution in [0.1, 0.15) is 68.8 Å². The van der Waals surface area contributed by atoms with Gasteiger partial charge in [-0.05, 0) is 67.2 Å². The minimum absolute atomic E-state index is 0.0648. The highest BCUT2D eigenvalue weighted by molar-refractivity contribution is 6.09. The fourth-order valence-electron chi connectivity index (χ4n) is 5.10. The lowest BCUT2D eigenvalue weighted by molar-refractivity contribution is -0.147. The Labute approximate surface area is 198 Å². The first kappa shape index (κ1) is 23.9. The van der Waals surface area contributed by atoms with E-state index < -0.39 is 42.4 Å². The van der Waals surface area contributed by atoms with E-state index in [4.69, 9.17) is 4.74 Å². The molecule has 1 spiro atoms. The van der Waals surface area contributed by atoms with E-state index in [1.165, 1.54) is 0 Å². The zero-order chi connectivity index (χ0) is 24.7.